The minimum atomic E-state index is -0.304. The molecule has 3 nitrogen and oxygen atoms in total. The Labute approximate surface area is 88.1 Å². The maximum atomic E-state index is 9.79. The smallest absolute Gasteiger partial charge is 0.129 e. The predicted molar refractivity (Wildman–Crippen MR) is 55.5 cm³/mol. The minimum absolute atomic E-state index is 0.0717. The number of aliphatic hydroxyl groups excluding tert-OH is 1. The number of piperidine rings is 1. The first-order valence-corrected chi connectivity index (χ1v) is 5.16. The third-order valence-corrected chi connectivity index (χ3v) is 2.77. The SMILES string of the molecule is OC1CCNCC1c1cccc(Cl)n1. The summed E-state index contributed by atoms with van der Waals surface area (Å²) < 4.78 is 0. The highest BCUT2D eigenvalue weighted by atomic mass is 35.5. The zero-order valence-electron chi connectivity index (χ0n) is 7.78. The topological polar surface area (TPSA) is 45.1 Å². The average molecular weight is 213 g/mol. The maximum absolute atomic E-state index is 9.79. The fourth-order valence-electron chi connectivity index (χ4n) is 1.78. The monoisotopic (exact) mass is 212 g/mol. The van der Waals surface area contributed by atoms with Gasteiger partial charge in [-0.25, -0.2) is 4.98 Å². The molecule has 1 aliphatic rings. The number of halogens is 1. The van der Waals surface area contributed by atoms with Crippen LogP contribution in [0.2, 0.25) is 5.15 Å². The first-order chi connectivity index (χ1) is 6.77. The van der Waals surface area contributed by atoms with Crippen LogP contribution < -0.4 is 5.32 Å². The normalized spacial score (nSPS) is 27.6. The highest BCUT2D eigenvalue weighted by molar-refractivity contribution is 6.29. The molecule has 0 saturated carbocycles. The molecule has 4 heteroatoms. The van der Waals surface area contributed by atoms with Crippen molar-refractivity contribution in [2.75, 3.05) is 13.1 Å². The lowest BCUT2D eigenvalue weighted by Gasteiger charge is -2.27. The molecule has 0 bridgehead atoms. The van der Waals surface area contributed by atoms with Gasteiger partial charge in [-0.05, 0) is 25.1 Å². The van der Waals surface area contributed by atoms with Crippen LogP contribution in [-0.2, 0) is 0 Å². The van der Waals surface area contributed by atoms with Crippen molar-refractivity contribution in [3.8, 4) is 0 Å². The molecule has 2 atom stereocenters. The van der Waals surface area contributed by atoms with Crippen LogP contribution in [0.4, 0.5) is 0 Å². The van der Waals surface area contributed by atoms with Crippen LogP contribution in [0.25, 0.3) is 0 Å². The summed E-state index contributed by atoms with van der Waals surface area (Å²) in [5.41, 5.74) is 0.872. The lowest BCUT2D eigenvalue weighted by molar-refractivity contribution is 0.112. The van der Waals surface area contributed by atoms with E-state index in [1.54, 1.807) is 6.07 Å². The van der Waals surface area contributed by atoms with Crippen LogP contribution in [0, 0.1) is 0 Å². The lowest BCUT2D eigenvalue weighted by atomic mass is 9.92. The molecule has 2 unspecified atom stereocenters. The quantitative estimate of drug-likeness (QED) is 0.687. The fraction of sp³-hybridized carbons (Fsp3) is 0.500. The lowest BCUT2D eigenvalue weighted by Crippen LogP contribution is -2.38. The van der Waals surface area contributed by atoms with Gasteiger partial charge >= 0.3 is 0 Å². The summed E-state index contributed by atoms with van der Waals surface area (Å²) in [6.45, 7) is 1.65. The Morgan fingerprint density at radius 2 is 2.36 bits per heavy atom. The molecular weight excluding hydrogens is 200 g/mol. The van der Waals surface area contributed by atoms with Crippen LogP contribution in [0.15, 0.2) is 18.2 Å². The second kappa shape index (κ2) is 4.26. The molecule has 1 saturated heterocycles. The minimum Gasteiger partial charge on any atom is -0.392 e. The van der Waals surface area contributed by atoms with Crippen LogP contribution >= 0.6 is 11.6 Å². The highest BCUT2D eigenvalue weighted by Gasteiger charge is 2.25. The van der Waals surface area contributed by atoms with Crippen LogP contribution in [0.3, 0.4) is 0 Å². The molecule has 1 fully saturated rings. The van der Waals surface area contributed by atoms with Crippen LogP contribution in [0.5, 0.6) is 0 Å². The molecule has 1 aliphatic heterocycles. The Hall–Kier alpha value is -0.640. The van der Waals surface area contributed by atoms with E-state index < -0.39 is 0 Å². The molecule has 1 aromatic heterocycles. The molecule has 0 aliphatic carbocycles. The van der Waals surface area contributed by atoms with Gasteiger partial charge in [-0.2, -0.15) is 0 Å². The number of aromatic nitrogens is 1. The van der Waals surface area contributed by atoms with Gasteiger partial charge in [0.1, 0.15) is 5.15 Å². The highest BCUT2D eigenvalue weighted by Crippen LogP contribution is 2.22. The van der Waals surface area contributed by atoms with Crippen molar-refractivity contribution in [3.63, 3.8) is 0 Å². The number of nitrogens with one attached hydrogen (secondary N) is 1. The summed E-state index contributed by atoms with van der Waals surface area (Å²) in [4.78, 5) is 4.21. The summed E-state index contributed by atoms with van der Waals surface area (Å²) in [5.74, 6) is 0.0717. The third kappa shape index (κ3) is 2.05. The number of pyridine rings is 1. The van der Waals surface area contributed by atoms with Crippen molar-refractivity contribution < 1.29 is 5.11 Å². The number of rotatable bonds is 1. The van der Waals surface area contributed by atoms with E-state index in [2.05, 4.69) is 10.3 Å². The zero-order valence-corrected chi connectivity index (χ0v) is 8.54. The van der Waals surface area contributed by atoms with E-state index in [9.17, 15) is 5.11 Å². The molecule has 76 valence electrons. The van der Waals surface area contributed by atoms with Crippen molar-refractivity contribution in [1.29, 1.82) is 0 Å². The van der Waals surface area contributed by atoms with E-state index >= 15 is 0 Å². The molecule has 14 heavy (non-hydrogen) atoms. The van der Waals surface area contributed by atoms with Gasteiger partial charge in [0.05, 0.1) is 6.10 Å². The van der Waals surface area contributed by atoms with Gasteiger partial charge in [-0.15, -0.1) is 0 Å². The van der Waals surface area contributed by atoms with Gasteiger partial charge in [-0.1, -0.05) is 17.7 Å². The molecule has 1 aromatic rings. The standard InChI is InChI=1S/C10H13ClN2O/c11-10-3-1-2-8(13-10)7-6-12-5-4-9(7)14/h1-3,7,9,12,14H,4-6H2. The molecule has 0 spiro atoms. The summed E-state index contributed by atoms with van der Waals surface area (Å²) in [6, 6.07) is 5.52. The van der Waals surface area contributed by atoms with E-state index in [1.807, 2.05) is 12.1 Å². The number of aliphatic hydroxyl groups is 1. The van der Waals surface area contributed by atoms with Gasteiger partial charge < -0.3 is 10.4 Å². The van der Waals surface area contributed by atoms with E-state index in [4.69, 9.17) is 11.6 Å². The average Bonchev–Trinajstić information content (AvgIpc) is 2.18. The van der Waals surface area contributed by atoms with Crippen molar-refractivity contribution in [3.05, 3.63) is 29.0 Å². The Bertz CT molecular complexity index is 319. The van der Waals surface area contributed by atoms with Crippen molar-refractivity contribution >= 4 is 11.6 Å². The molecule has 2 rings (SSSR count). The summed E-state index contributed by atoms with van der Waals surface area (Å²) in [6.07, 6.45) is 0.473. The second-order valence-corrected chi connectivity index (χ2v) is 3.94. The molecule has 0 radical (unpaired) electrons. The predicted octanol–water partition coefficient (Wildman–Crippen LogP) is 1.17. The molecule has 0 aromatic carbocycles. The largest absolute Gasteiger partial charge is 0.392 e. The molecular formula is C10H13ClN2O. The van der Waals surface area contributed by atoms with Crippen LogP contribution in [-0.4, -0.2) is 29.3 Å². The fourth-order valence-corrected chi connectivity index (χ4v) is 1.95. The van der Waals surface area contributed by atoms with Crippen molar-refractivity contribution in [2.24, 2.45) is 0 Å². The van der Waals surface area contributed by atoms with Crippen LogP contribution in [0.1, 0.15) is 18.0 Å². The first kappa shape index (κ1) is 9.90. The van der Waals surface area contributed by atoms with E-state index in [0.717, 1.165) is 25.2 Å². The zero-order chi connectivity index (χ0) is 9.97. The van der Waals surface area contributed by atoms with E-state index in [-0.39, 0.29) is 12.0 Å². The molecule has 0 amide bonds. The van der Waals surface area contributed by atoms with Gasteiger partial charge in [0, 0.05) is 18.2 Å². The van der Waals surface area contributed by atoms with Gasteiger partial charge in [-0.3, -0.25) is 0 Å². The Morgan fingerprint density at radius 1 is 1.50 bits per heavy atom. The van der Waals surface area contributed by atoms with Gasteiger partial charge in [0.15, 0.2) is 0 Å². The van der Waals surface area contributed by atoms with Crippen molar-refractivity contribution in [2.45, 2.75) is 18.4 Å². The Morgan fingerprint density at radius 3 is 3.07 bits per heavy atom. The third-order valence-electron chi connectivity index (χ3n) is 2.56. The summed E-state index contributed by atoms with van der Waals surface area (Å²) in [7, 11) is 0. The molecule has 2 heterocycles. The first-order valence-electron chi connectivity index (χ1n) is 4.78. The number of nitrogens with zero attached hydrogens (tertiary/aromatic N) is 1. The van der Waals surface area contributed by atoms with Gasteiger partial charge in [0.25, 0.3) is 0 Å². The second-order valence-electron chi connectivity index (χ2n) is 3.55. The van der Waals surface area contributed by atoms with Crippen molar-refractivity contribution in [1.82, 2.24) is 10.3 Å². The number of hydrogen-bond acceptors (Lipinski definition) is 3. The summed E-state index contributed by atoms with van der Waals surface area (Å²) >= 11 is 5.80. The van der Waals surface area contributed by atoms with E-state index in [1.165, 1.54) is 0 Å². The maximum Gasteiger partial charge on any atom is 0.129 e. The molecule has 2 N–H and O–H groups in total. The number of hydrogen-bond donors (Lipinski definition) is 2. The van der Waals surface area contributed by atoms with Gasteiger partial charge in [0.2, 0.25) is 0 Å². The summed E-state index contributed by atoms with van der Waals surface area (Å²) in [5, 5.41) is 13.5. The van der Waals surface area contributed by atoms with E-state index in [0.29, 0.717) is 5.15 Å². The Balaban J connectivity index is 2.20. The Kier molecular flexibility index (Phi) is 3.01.